The number of hydrogen-bond donors (Lipinski definition) is 1. The third kappa shape index (κ3) is 4.32. The average Bonchev–Trinajstić information content (AvgIpc) is 2.92. The molecule has 0 amide bonds. The Bertz CT molecular complexity index is 541. The first-order valence-corrected chi connectivity index (χ1v) is 7.38. The second kappa shape index (κ2) is 7.41. The van der Waals surface area contributed by atoms with Gasteiger partial charge in [0.15, 0.2) is 0 Å². The Kier molecular flexibility index (Phi) is 5.56. The van der Waals surface area contributed by atoms with Crippen molar-refractivity contribution in [3.05, 3.63) is 35.2 Å². The summed E-state index contributed by atoms with van der Waals surface area (Å²) >= 11 is 5.96. The molecule has 0 aliphatic rings. The fraction of sp³-hybridized carbons (Fsp3) is 0.467. The van der Waals surface area contributed by atoms with Crippen LogP contribution in [0.15, 0.2) is 28.8 Å². The normalized spacial score (nSPS) is 12.6. The van der Waals surface area contributed by atoms with Crippen LogP contribution in [0.25, 0.3) is 11.4 Å². The van der Waals surface area contributed by atoms with E-state index in [9.17, 15) is 0 Å². The molecule has 0 radical (unpaired) electrons. The molecular formula is C15H20ClN3O. The quantitative estimate of drug-likeness (QED) is 0.845. The van der Waals surface area contributed by atoms with Crippen molar-refractivity contribution in [3.63, 3.8) is 0 Å². The minimum Gasteiger partial charge on any atom is -0.339 e. The lowest BCUT2D eigenvalue weighted by molar-refractivity contribution is 0.367. The number of rotatable bonds is 7. The van der Waals surface area contributed by atoms with Gasteiger partial charge < -0.3 is 9.84 Å². The number of hydrogen-bond acceptors (Lipinski definition) is 4. The molecule has 0 aliphatic heterocycles. The smallest absolute Gasteiger partial charge is 0.227 e. The van der Waals surface area contributed by atoms with E-state index >= 15 is 0 Å². The summed E-state index contributed by atoms with van der Waals surface area (Å²) in [6, 6.07) is 7.92. The van der Waals surface area contributed by atoms with Crippen LogP contribution in [-0.4, -0.2) is 22.7 Å². The average molecular weight is 294 g/mol. The van der Waals surface area contributed by atoms with E-state index in [4.69, 9.17) is 16.1 Å². The molecule has 0 saturated heterocycles. The molecule has 5 heteroatoms. The number of halogens is 1. The topological polar surface area (TPSA) is 51.0 Å². The van der Waals surface area contributed by atoms with E-state index in [0.29, 0.717) is 22.8 Å². The second-order valence-corrected chi connectivity index (χ2v) is 5.35. The summed E-state index contributed by atoms with van der Waals surface area (Å²) in [6.07, 6.45) is 2.91. The Hall–Kier alpha value is -1.39. The number of nitrogens with zero attached hydrogens (tertiary/aromatic N) is 2. The van der Waals surface area contributed by atoms with Crippen molar-refractivity contribution < 1.29 is 4.52 Å². The zero-order chi connectivity index (χ0) is 14.4. The van der Waals surface area contributed by atoms with Crippen molar-refractivity contribution in [2.75, 3.05) is 6.54 Å². The molecule has 1 unspecified atom stereocenters. The third-order valence-corrected chi connectivity index (χ3v) is 3.32. The van der Waals surface area contributed by atoms with Crippen LogP contribution in [0.3, 0.4) is 0 Å². The molecule has 0 aliphatic carbocycles. The first-order valence-electron chi connectivity index (χ1n) is 7.01. The highest BCUT2D eigenvalue weighted by molar-refractivity contribution is 6.30. The molecule has 0 fully saturated rings. The molecule has 1 aromatic carbocycles. The number of aryl methyl sites for hydroxylation is 1. The molecule has 4 nitrogen and oxygen atoms in total. The summed E-state index contributed by atoms with van der Waals surface area (Å²) in [6.45, 7) is 5.37. The van der Waals surface area contributed by atoms with Crippen LogP contribution < -0.4 is 5.32 Å². The maximum atomic E-state index is 5.96. The van der Waals surface area contributed by atoms with Crippen LogP contribution in [0.2, 0.25) is 5.02 Å². The van der Waals surface area contributed by atoms with Gasteiger partial charge in [0.25, 0.3) is 0 Å². The first-order chi connectivity index (χ1) is 9.69. The molecular weight excluding hydrogens is 274 g/mol. The summed E-state index contributed by atoms with van der Waals surface area (Å²) in [5, 5.41) is 8.12. The molecule has 108 valence electrons. The summed E-state index contributed by atoms with van der Waals surface area (Å²) in [7, 11) is 0. The van der Waals surface area contributed by atoms with Gasteiger partial charge in [-0.3, -0.25) is 0 Å². The zero-order valence-electron chi connectivity index (χ0n) is 11.9. The van der Waals surface area contributed by atoms with Gasteiger partial charge in [-0.15, -0.1) is 0 Å². The van der Waals surface area contributed by atoms with Crippen molar-refractivity contribution in [1.29, 1.82) is 0 Å². The highest BCUT2D eigenvalue weighted by Gasteiger charge is 2.10. The lowest BCUT2D eigenvalue weighted by Gasteiger charge is -2.10. The van der Waals surface area contributed by atoms with Gasteiger partial charge in [0.2, 0.25) is 11.7 Å². The van der Waals surface area contributed by atoms with Crippen LogP contribution >= 0.6 is 11.6 Å². The Morgan fingerprint density at radius 2 is 2.25 bits per heavy atom. The molecule has 0 bridgehead atoms. The Morgan fingerprint density at radius 1 is 1.40 bits per heavy atom. The molecule has 0 spiro atoms. The van der Waals surface area contributed by atoms with Crippen molar-refractivity contribution in [1.82, 2.24) is 15.5 Å². The van der Waals surface area contributed by atoms with Gasteiger partial charge in [-0.25, -0.2) is 0 Å². The fourth-order valence-electron chi connectivity index (χ4n) is 1.93. The molecule has 2 aromatic rings. The van der Waals surface area contributed by atoms with Crippen LogP contribution in [0.1, 0.15) is 32.6 Å². The SMILES string of the molecule is CCCNC(C)CCc1nc(-c2cccc(Cl)c2)no1. The van der Waals surface area contributed by atoms with Crippen molar-refractivity contribution in [3.8, 4) is 11.4 Å². The van der Waals surface area contributed by atoms with Gasteiger partial charge in [-0.2, -0.15) is 4.98 Å². The van der Waals surface area contributed by atoms with Crippen LogP contribution in [0, 0.1) is 0 Å². The van der Waals surface area contributed by atoms with E-state index in [1.807, 2.05) is 24.3 Å². The van der Waals surface area contributed by atoms with Gasteiger partial charge in [0, 0.05) is 23.0 Å². The Labute approximate surface area is 124 Å². The van der Waals surface area contributed by atoms with Gasteiger partial charge >= 0.3 is 0 Å². The Balaban J connectivity index is 1.92. The molecule has 1 N–H and O–H groups in total. The van der Waals surface area contributed by atoms with E-state index in [-0.39, 0.29) is 0 Å². The standard InChI is InChI=1S/C15H20ClN3O/c1-3-9-17-11(2)7-8-14-18-15(19-20-14)12-5-4-6-13(16)10-12/h4-6,10-11,17H,3,7-9H2,1-2H3. The van der Waals surface area contributed by atoms with Crippen LogP contribution in [0.4, 0.5) is 0 Å². The lowest BCUT2D eigenvalue weighted by atomic mass is 10.2. The summed E-state index contributed by atoms with van der Waals surface area (Å²) < 4.78 is 5.28. The molecule has 0 saturated carbocycles. The lowest BCUT2D eigenvalue weighted by Crippen LogP contribution is -2.27. The fourth-order valence-corrected chi connectivity index (χ4v) is 2.12. The monoisotopic (exact) mass is 293 g/mol. The highest BCUT2D eigenvalue weighted by atomic mass is 35.5. The van der Waals surface area contributed by atoms with E-state index in [2.05, 4.69) is 29.3 Å². The van der Waals surface area contributed by atoms with Crippen LogP contribution in [-0.2, 0) is 6.42 Å². The van der Waals surface area contributed by atoms with Crippen molar-refractivity contribution in [2.45, 2.75) is 39.2 Å². The maximum absolute atomic E-state index is 5.96. The van der Waals surface area contributed by atoms with Gasteiger partial charge in [-0.1, -0.05) is 35.8 Å². The second-order valence-electron chi connectivity index (χ2n) is 4.92. The molecule has 2 rings (SSSR count). The van der Waals surface area contributed by atoms with Gasteiger partial charge in [0.1, 0.15) is 0 Å². The number of nitrogens with one attached hydrogen (secondary N) is 1. The first kappa shape index (κ1) is 15.0. The predicted molar refractivity (Wildman–Crippen MR) is 80.8 cm³/mol. The largest absolute Gasteiger partial charge is 0.339 e. The minimum absolute atomic E-state index is 0.455. The van der Waals surface area contributed by atoms with E-state index in [0.717, 1.165) is 31.4 Å². The Morgan fingerprint density at radius 3 is 3.00 bits per heavy atom. The van der Waals surface area contributed by atoms with Crippen molar-refractivity contribution in [2.24, 2.45) is 0 Å². The third-order valence-electron chi connectivity index (χ3n) is 3.08. The molecule has 1 aromatic heterocycles. The van der Waals surface area contributed by atoms with Crippen LogP contribution in [0.5, 0.6) is 0 Å². The molecule has 20 heavy (non-hydrogen) atoms. The minimum atomic E-state index is 0.455. The maximum Gasteiger partial charge on any atom is 0.227 e. The highest BCUT2D eigenvalue weighted by Crippen LogP contribution is 2.20. The van der Waals surface area contributed by atoms with Gasteiger partial charge in [0.05, 0.1) is 0 Å². The summed E-state index contributed by atoms with van der Waals surface area (Å²) in [4.78, 5) is 4.41. The molecule has 1 heterocycles. The summed E-state index contributed by atoms with van der Waals surface area (Å²) in [5.74, 6) is 1.27. The molecule has 1 atom stereocenters. The van der Waals surface area contributed by atoms with E-state index in [1.165, 1.54) is 0 Å². The zero-order valence-corrected chi connectivity index (χ0v) is 12.7. The van der Waals surface area contributed by atoms with Gasteiger partial charge in [-0.05, 0) is 38.4 Å². The van der Waals surface area contributed by atoms with E-state index in [1.54, 1.807) is 0 Å². The number of aromatic nitrogens is 2. The number of benzene rings is 1. The van der Waals surface area contributed by atoms with E-state index < -0.39 is 0 Å². The van der Waals surface area contributed by atoms with Crippen molar-refractivity contribution >= 4 is 11.6 Å². The predicted octanol–water partition coefficient (Wildman–Crippen LogP) is 3.71. The summed E-state index contributed by atoms with van der Waals surface area (Å²) in [5.41, 5.74) is 0.879.